The van der Waals surface area contributed by atoms with Gasteiger partial charge in [0.15, 0.2) is 0 Å². The van der Waals surface area contributed by atoms with Crippen LogP contribution in [-0.4, -0.2) is 46.0 Å². The van der Waals surface area contributed by atoms with E-state index in [9.17, 15) is 4.79 Å². The van der Waals surface area contributed by atoms with E-state index in [1.54, 1.807) is 6.33 Å². The molecule has 112 valence electrons. The summed E-state index contributed by atoms with van der Waals surface area (Å²) in [6.45, 7) is 7.43. The summed E-state index contributed by atoms with van der Waals surface area (Å²) in [4.78, 5) is 18.6. The van der Waals surface area contributed by atoms with Crippen molar-refractivity contribution in [2.75, 3.05) is 19.6 Å². The molecular formula is C15H26N4O. The number of imidazole rings is 1. The summed E-state index contributed by atoms with van der Waals surface area (Å²) in [7, 11) is 0. The Hall–Kier alpha value is -1.36. The van der Waals surface area contributed by atoms with Crippen LogP contribution in [0.3, 0.4) is 0 Å². The van der Waals surface area contributed by atoms with Gasteiger partial charge in [-0.1, -0.05) is 6.92 Å². The molecule has 0 radical (unpaired) electrons. The minimum absolute atomic E-state index is 0.211. The minimum atomic E-state index is 0.211. The highest BCUT2D eigenvalue weighted by Crippen LogP contribution is 2.26. The Labute approximate surface area is 121 Å². The fourth-order valence-corrected chi connectivity index (χ4v) is 2.41. The number of nitrogens with zero attached hydrogens (tertiary/aromatic N) is 3. The normalized spacial score (nSPS) is 14.5. The second kappa shape index (κ2) is 7.43. The van der Waals surface area contributed by atoms with E-state index in [1.807, 2.05) is 15.7 Å². The first-order valence-electron chi connectivity index (χ1n) is 7.75. The van der Waals surface area contributed by atoms with Crippen LogP contribution in [-0.2, 0) is 17.8 Å². The monoisotopic (exact) mass is 278 g/mol. The summed E-state index contributed by atoms with van der Waals surface area (Å²) in [6, 6.07) is 0.494. The molecule has 0 saturated heterocycles. The molecule has 1 aliphatic carbocycles. The molecule has 0 bridgehead atoms. The highest BCUT2D eigenvalue weighted by Gasteiger charge is 2.31. The Morgan fingerprint density at radius 1 is 1.45 bits per heavy atom. The average molecular weight is 278 g/mol. The molecule has 0 atom stereocenters. The topological polar surface area (TPSA) is 50.2 Å². The number of hydrogen-bond acceptors (Lipinski definition) is 3. The van der Waals surface area contributed by atoms with Crippen molar-refractivity contribution in [3.05, 3.63) is 18.2 Å². The molecule has 0 aromatic carbocycles. The van der Waals surface area contributed by atoms with E-state index in [-0.39, 0.29) is 5.91 Å². The third-order valence-corrected chi connectivity index (χ3v) is 3.64. The number of amides is 1. The van der Waals surface area contributed by atoms with Crippen molar-refractivity contribution in [2.45, 2.75) is 52.1 Å². The van der Waals surface area contributed by atoms with Crippen molar-refractivity contribution < 1.29 is 4.79 Å². The molecule has 2 rings (SSSR count). The molecule has 0 spiro atoms. The van der Waals surface area contributed by atoms with E-state index < -0.39 is 0 Å². The molecule has 5 heteroatoms. The number of aromatic nitrogens is 2. The Morgan fingerprint density at radius 3 is 2.90 bits per heavy atom. The third-order valence-electron chi connectivity index (χ3n) is 3.64. The van der Waals surface area contributed by atoms with Gasteiger partial charge < -0.3 is 14.8 Å². The number of carbonyl (C=O) groups is 1. The van der Waals surface area contributed by atoms with Gasteiger partial charge in [-0.15, -0.1) is 0 Å². The Bertz CT molecular complexity index is 425. The molecule has 0 unspecified atom stereocenters. The largest absolute Gasteiger partial charge is 0.338 e. The van der Waals surface area contributed by atoms with Crippen molar-refractivity contribution in [3.63, 3.8) is 0 Å². The average Bonchev–Trinajstić information content (AvgIpc) is 3.16. The van der Waals surface area contributed by atoms with Crippen LogP contribution in [0.5, 0.6) is 0 Å². The first kappa shape index (κ1) is 15.0. The van der Waals surface area contributed by atoms with Crippen molar-refractivity contribution in [3.8, 4) is 0 Å². The van der Waals surface area contributed by atoms with E-state index in [4.69, 9.17) is 0 Å². The number of likely N-dealkylation sites (N-methyl/N-ethyl adjacent to an activating group) is 1. The van der Waals surface area contributed by atoms with Gasteiger partial charge in [0, 0.05) is 31.7 Å². The summed E-state index contributed by atoms with van der Waals surface area (Å²) in [5, 5.41) is 3.36. The molecule has 0 aliphatic heterocycles. The van der Waals surface area contributed by atoms with Crippen LogP contribution in [0.1, 0.15) is 38.8 Å². The highest BCUT2D eigenvalue weighted by molar-refractivity contribution is 5.76. The molecule has 1 aromatic heterocycles. The molecule has 1 aromatic rings. The number of hydrogen-bond donors (Lipinski definition) is 1. The highest BCUT2D eigenvalue weighted by atomic mass is 16.2. The van der Waals surface area contributed by atoms with E-state index in [0.717, 1.165) is 51.0 Å². The lowest BCUT2D eigenvalue weighted by molar-refractivity contribution is -0.132. The van der Waals surface area contributed by atoms with E-state index >= 15 is 0 Å². The standard InChI is InChI=1S/C15H26N4O/c1-3-8-16-9-7-13-10-18(12-17-13)11-15(20)19(4-2)14-5-6-14/h10,12,14,16H,3-9,11H2,1-2H3. The van der Waals surface area contributed by atoms with E-state index in [2.05, 4.69) is 24.1 Å². The van der Waals surface area contributed by atoms with Crippen LogP contribution in [0.15, 0.2) is 12.5 Å². The molecular weight excluding hydrogens is 252 g/mol. The van der Waals surface area contributed by atoms with Gasteiger partial charge in [-0.2, -0.15) is 0 Å². The SMILES string of the molecule is CCCNCCc1cn(CC(=O)N(CC)C2CC2)cn1. The maximum absolute atomic E-state index is 12.2. The lowest BCUT2D eigenvalue weighted by Gasteiger charge is -2.20. The fourth-order valence-electron chi connectivity index (χ4n) is 2.41. The van der Waals surface area contributed by atoms with Gasteiger partial charge in [0.05, 0.1) is 12.0 Å². The van der Waals surface area contributed by atoms with Crippen LogP contribution >= 0.6 is 0 Å². The predicted octanol–water partition coefficient (Wildman–Crippen LogP) is 1.44. The van der Waals surface area contributed by atoms with E-state index in [0.29, 0.717) is 12.6 Å². The summed E-state index contributed by atoms with van der Waals surface area (Å²) < 4.78 is 1.91. The zero-order valence-corrected chi connectivity index (χ0v) is 12.6. The summed E-state index contributed by atoms with van der Waals surface area (Å²) >= 11 is 0. The first-order chi connectivity index (χ1) is 9.74. The predicted molar refractivity (Wildman–Crippen MR) is 79.5 cm³/mol. The van der Waals surface area contributed by atoms with Crippen LogP contribution in [0.4, 0.5) is 0 Å². The maximum atomic E-state index is 12.2. The molecule has 1 heterocycles. The van der Waals surface area contributed by atoms with Crippen LogP contribution in [0, 0.1) is 0 Å². The van der Waals surface area contributed by atoms with Crippen molar-refractivity contribution in [1.29, 1.82) is 0 Å². The van der Waals surface area contributed by atoms with E-state index in [1.165, 1.54) is 0 Å². The van der Waals surface area contributed by atoms with Gasteiger partial charge in [-0.25, -0.2) is 4.98 Å². The van der Waals surface area contributed by atoms with Gasteiger partial charge in [-0.3, -0.25) is 4.79 Å². The summed E-state index contributed by atoms with van der Waals surface area (Å²) in [5.74, 6) is 0.211. The molecule has 1 saturated carbocycles. The number of carbonyl (C=O) groups excluding carboxylic acids is 1. The lowest BCUT2D eigenvalue weighted by atomic mass is 10.3. The minimum Gasteiger partial charge on any atom is -0.338 e. The fraction of sp³-hybridized carbons (Fsp3) is 0.733. The smallest absolute Gasteiger partial charge is 0.242 e. The molecule has 1 aliphatic rings. The molecule has 1 fully saturated rings. The summed E-state index contributed by atoms with van der Waals surface area (Å²) in [6.07, 6.45) is 8.16. The van der Waals surface area contributed by atoms with Crippen molar-refractivity contribution in [1.82, 2.24) is 19.8 Å². The quantitative estimate of drug-likeness (QED) is 0.695. The molecule has 20 heavy (non-hydrogen) atoms. The first-order valence-corrected chi connectivity index (χ1v) is 7.75. The molecule has 1 amide bonds. The summed E-state index contributed by atoms with van der Waals surface area (Å²) in [5.41, 5.74) is 1.05. The van der Waals surface area contributed by atoms with Gasteiger partial charge >= 0.3 is 0 Å². The Balaban J connectivity index is 1.78. The van der Waals surface area contributed by atoms with Gasteiger partial charge in [0.2, 0.25) is 5.91 Å². The Morgan fingerprint density at radius 2 is 2.25 bits per heavy atom. The van der Waals surface area contributed by atoms with Crippen LogP contribution < -0.4 is 5.32 Å². The van der Waals surface area contributed by atoms with Gasteiger partial charge in [0.1, 0.15) is 6.54 Å². The van der Waals surface area contributed by atoms with Crippen LogP contribution in [0.25, 0.3) is 0 Å². The molecule has 5 nitrogen and oxygen atoms in total. The zero-order valence-electron chi connectivity index (χ0n) is 12.6. The molecule has 1 N–H and O–H groups in total. The Kier molecular flexibility index (Phi) is 5.59. The number of rotatable bonds is 9. The van der Waals surface area contributed by atoms with Crippen LogP contribution in [0.2, 0.25) is 0 Å². The zero-order chi connectivity index (χ0) is 14.4. The lowest BCUT2D eigenvalue weighted by Crippen LogP contribution is -2.35. The maximum Gasteiger partial charge on any atom is 0.242 e. The second-order valence-corrected chi connectivity index (χ2v) is 5.45. The third kappa shape index (κ3) is 4.34. The second-order valence-electron chi connectivity index (χ2n) is 5.45. The van der Waals surface area contributed by atoms with Gasteiger partial charge in [-0.05, 0) is 32.7 Å². The number of nitrogens with one attached hydrogen (secondary N) is 1. The van der Waals surface area contributed by atoms with Gasteiger partial charge in [0.25, 0.3) is 0 Å². The van der Waals surface area contributed by atoms with Crippen molar-refractivity contribution >= 4 is 5.91 Å². The van der Waals surface area contributed by atoms with Crippen molar-refractivity contribution in [2.24, 2.45) is 0 Å².